The normalized spacial score (nSPS) is 10.3. The van der Waals surface area contributed by atoms with Gasteiger partial charge >= 0.3 is 8.25 Å². The molecular formula is C14H17NO3P+. The number of hydrogen-bond acceptors (Lipinski definition) is 2. The fourth-order valence-electron chi connectivity index (χ4n) is 1.74. The van der Waals surface area contributed by atoms with Gasteiger partial charge in [0.05, 0.1) is 5.54 Å². The topological polar surface area (TPSA) is 83.6 Å². The maximum Gasteiger partial charge on any atom is 0.692 e. The molecule has 19 heavy (non-hydrogen) atoms. The predicted octanol–water partition coefficient (Wildman–Crippen LogP) is 2.54. The first kappa shape index (κ1) is 15.5. The molecular weight excluding hydrogens is 261 g/mol. The van der Waals surface area contributed by atoms with Crippen LogP contribution in [-0.4, -0.2) is 9.79 Å². The molecule has 0 amide bonds. The van der Waals surface area contributed by atoms with Gasteiger partial charge < -0.3 is 5.73 Å². The second-order valence-corrected chi connectivity index (χ2v) is 4.69. The van der Waals surface area contributed by atoms with E-state index < -0.39 is 13.8 Å². The van der Waals surface area contributed by atoms with Crippen molar-refractivity contribution >= 4 is 8.25 Å². The van der Waals surface area contributed by atoms with Crippen LogP contribution in [0.5, 0.6) is 0 Å². The van der Waals surface area contributed by atoms with E-state index >= 15 is 0 Å². The van der Waals surface area contributed by atoms with Crippen molar-refractivity contribution in [2.24, 2.45) is 5.73 Å². The highest BCUT2D eigenvalue weighted by atomic mass is 31.1. The van der Waals surface area contributed by atoms with Crippen LogP contribution in [0, 0.1) is 0 Å². The Bertz CT molecular complexity index is 469. The molecule has 2 aromatic carbocycles. The number of rotatable bonds is 2. The van der Waals surface area contributed by atoms with Crippen molar-refractivity contribution in [3.05, 3.63) is 71.8 Å². The van der Waals surface area contributed by atoms with Crippen LogP contribution >= 0.6 is 8.25 Å². The molecule has 5 heteroatoms. The Balaban J connectivity index is 0.000000399. The van der Waals surface area contributed by atoms with Crippen LogP contribution in [-0.2, 0) is 10.1 Å². The fourth-order valence-corrected chi connectivity index (χ4v) is 1.74. The highest BCUT2D eigenvalue weighted by Gasteiger charge is 2.22. The minimum Gasteiger partial charge on any atom is -0.318 e. The molecule has 0 bridgehead atoms. The molecule has 4 nitrogen and oxygen atoms in total. The van der Waals surface area contributed by atoms with E-state index in [0.717, 1.165) is 11.1 Å². The first-order valence-electron chi connectivity index (χ1n) is 5.69. The molecule has 0 atom stereocenters. The van der Waals surface area contributed by atoms with Gasteiger partial charge in [0.25, 0.3) is 0 Å². The van der Waals surface area contributed by atoms with Gasteiger partial charge in [-0.05, 0) is 18.1 Å². The second-order valence-electron chi connectivity index (χ2n) is 4.19. The Morgan fingerprint density at radius 1 is 0.895 bits per heavy atom. The molecule has 0 aliphatic heterocycles. The summed E-state index contributed by atoms with van der Waals surface area (Å²) in [6, 6.07) is 20.3. The highest BCUT2D eigenvalue weighted by molar-refractivity contribution is 7.30. The molecule has 100 valence electrons. The van der Waals surface area contributed by atoms with Gasteiger partial charge in [0.15, 0.2) is 0 Å². The number of nitrogens with two attached hydrogens (primary N) is 1. The van der Waals surface area contributed by atoms with Gasteiger partial charge in [-0.15, -0.1) is 9.79 Å². The van der Waals surface area contributed by atoms with E-state index in [1.165, 1.54) is 0 Å². The van der Waals surface area contributed by atoms with Crippen LogP contribution in [0.25, 0.3) is 0 Å². The molecule has 0 aromatic heterocycles. The van der Waals surface area contributed by atoms with Crippen molar-refractivity contribution in [1.82, 2.24) is 0 Å². The van der Waals surface area contributed by atoms with E-state index in [4.69, 9.17) is 20.1 Å². The minimum absolute atomic E-state index is 0.414. The van der Waals surface area contributed by atoms with Crippen molar-refractivity contribution in [2.45, 2.75) is 12.5 Å². The van der Waals surface area contributed by atoms with Gasteiger partial charge in [-0.1, -0.05) is 60.7 Å². The lowest BCUT2D eigenvalue weighted by Crippen LogP contribution is -2.34. The fraction of sp³-hybridized carbons (Fsp3) is 0.143. The Morgan fingerprint density at radius 3 is 1.42 bits per heavy atom. The van der Waals surface area contributed by atoms with E-state index in [1.807, 2.05) is 43.3 Å². The SMILES string of the molecule is CC(N)(c1ccccc1)c1ccccc1.O=[P+](O)O. The number of benzene rings is 2. The van der Waals surface area contributed by atoms with Gasteiger partial charge in [0.2, 0.25) is 0 Å². The van der Waals surface area contributed by atoms with E-state index in [1.54, 1.807) is 0 Å². The molecule has 0 saturated heterocycles. The molecule has 0 unspecified atom stereocenters. The first-order chi connectivity index (χ1) is 8.94. The summed E-state index contributed by atoms with van der Waals surface area (Å²) in [4.78, 5) is 14.2. The molecule has 0 heterocycles. The standard InChI is InChI=1S/C14H15N.HO3P/c1-14(15,12-8-4-2-5-9-12)13-10-6-3-7-11-13;1-4(2)3/h2-11H,15H2,1H3;(H-,1,2,3)/p+1. The zero-order valence-corrected chi connectivity index (χ0v) is 11.5. The van der Waals surface area contributed by atoms with Crippen LogP contribution in [0.1, 0.15) is 18.1 Å². The predicted molar refractivity (Wildman–Crippen MR) is 75.6 cm³/mol. The lowest BCUT2D eigenvalue weighted by Gasteiger charge is -2.25. The summed E-state index contributed by atoms with van der Waals surface area (Å²) in [7, 11) is -2.87. The quantitative estimate of drug-likeness (QED) is 0.737. The maximum absolute atomic E-state index is 8.70. The zero-order valence-electron chi connectivity index (χ0n) is 10.6. The monoisotopic (exact) mass is 278 g/mol. The van der Waals surface area contributed by atoms with Crippen LogP contribution in [0.15, 0.2) is 60.7 Å². The van der Waals surface area contributed by atoms with Gasteiger partial charge in [-0.3, -0.25) is 0 Å². The molecule has 0 saturated carbocycles. The summed E-state index contributed by atoms with van der Waals surface area (Å²) in [6.07, 6.45) is 0. The summed E-state index contributed by atoms with van der Waals surface area (Å²) >= 11 is 0. The Kier molecular flexibility index (Phi) is 5.80. The summed E-state index contributed by atoms with van der Waals surface area (Å²) in [5.74, 6) is 0. The van der Waals surface area contributed by atoms with Crippen LogP contribution in [0.2, 0.25) is 0 Å². The Morgan fingerprint density at radius 2 is 1.16 bits per heavy atom. The molecule has 2 rings (SSSR count). The third-order valence-corrected chi connectivity index (χ3v) is 2.75. The molecule has 0 fully saturated rings. The summed E-state index contributed by atoms with van der Waals surface area (Å²) in [5.41, 5.74) is 8.22. The van der Waals surface area contributed by atoms with Gasteiger partial charge in [0, 0.05) is 4.57 Å². The van der Waals surface area contributed by atoms with Crippen LogP contribution in [0.3, 0.4) is 0 Å². The summed E-state index contributed by atoms with van der Waals surface area (Å²) in [6.45, 7) is 2.04. The van der Waals surface area contributed by atoms with Gasteiger partial charge in [-0.2, -0.15) is 0 Å². The molecule has 4 N–H and O–H groups in total. The van der Waals surface area contributed by atoms with E-state index in [-0.39, 0.29) is 0 Å². The molecule has 2 aromatic rings. The average molecular weight is 278 g/mol. The van der Waals surface area contributed by atoms with Crippen molar-refractivity contribution in [2.75, 3.05) is 0 Å². The summed E-state index contributed by atoms with van der Waals surface area (Å²) in [5, 5.41) is 0. The lowest BCUT2D eigenvalue weighted by molar-refractivity contribution is 0.405. The molecule has 0 aliphatic rings. The van der Waals surface area contributed by atoms with Gasteiger partial charge in [-0.25, -0.2) is 0 Å². The molecule has 0 spiro atoms. The lowest BCUT2D eigenvalue weighted by atomic mass is 9.86. The van der Waals surface area contributed by atoms with E-state index in [0.29, 0.717) is 0 Å². The van der Waals surface area contributed by atoms with Crippen molar-refractivity contribution in [3.63, 3.8) is 0 Å². The minimum atomic E-state index is -2.87. The van der Waals surface area contributed by atoms with E-state index in [2.05, 4.69) is 24.3 Å². The average Bonchev–Trinajstić information content (AvgIpc) is 2.40. The third-order valence-electron chi connectivity index (χ3n) is 2.75. The van der Waals surface area contributed by atoms with E-state index in [9.17, 15) is 0 Å². The largest absolute Gasteiger partial charge is 0.692 e. The van der Waals surface area contributed by atoms with Crippen LogP contribution in [0.4, 0.5) is 0 Å². The van der Waals surface area contributed by atoms with Crippen molar-refractivity contribution in [1.29, 1.82) is 0 Å². The van der Waals surface area contributed by atoms with Crippen LogP contribution < -0.4 is 5.73 Å². The van der Waals surface area contributed by atoms with Gasteiger partial charge in [0.1, 0.15) is 0 Å². The first-order valence-corrected chi connectivity index (χ1v) is 6.86. The Labute approximate surface area is 113 Å². The smallest absolute Gasteiger partial charge is 0.318 e. The zero-order chi connectivity index (χ0) is 14.3. The molecule has 0 aliphatic carbocycles. The second kappa shape index (κ2) is 7.12. The maximum atomic E-state index is 8.70. The third kappa shape index (κ3) is 4.89. The highest BCUT2D eigenvalue weighted by Crippen LogP contribution is 2.25. The Hall–Kier alpha value is -1.58. The van der Waals surface area contributed by atoms with Crippen molar-refractivity contribution < 1.29 is 14.4 Å². The molecule has 0 radical (unpaired) electrons. The van der Waals surface area contributed by atoms with Crippen molar-refractivity contribution in [3.8, 4) is 0 Å². The summed E-state index contributed by atoms with van der Waals surface area (Å²) < 4.78 is 8.70. The number of hydrogen-bond donors (Lipinski definition) is 3.